The van der Waals surface area contributed by atoms with Crippen molar-refractivity contribution in [2.24, 2.45) is 7.05 Å². The predicted octanol–water partition coefficient (Wildman–Crippen LogP) is 3.23. The molecule has 0 aliphatic carbocycles. The van der Waals surface area contributed by atoms with Gasteiger partial charge in [-0.3, -0.25) is 9.48 Å². The van der Waals surface area contributed by atoms with E-state index in [0.717, 1.165) is 22.0 Å². The van der Waals surface area contributed by atoms with Gasteiger partial charge in [0.1, 0.15) is 11.5 Å². The second-order valence-corrected chi connectivity index (χ2v) is 6.19. The Kier molecular flexibility index (Phi) is 5.00. The van der Waals surface area contributed by atoms with Gasteiger partial charge in [-0.15, -0.1) is 11.8 Å². The number of nitrogens with zero attached hydrogens (tertiary/aromatic N) is 2. The Hall–Kier alpha value is -2.54. The number of hydrogen-bond acceptors (Lipinski definition) is 4. The Labute approximate surface area is 142 Å². The molecule has 5 nitrogen and oxygen atoms in total. The summed E-state index contributed by atoms with van der Waals surface area (Å²) in [5.74, 6) is 0.610. The monoisotopic (exact) mass is 345 g/mol. The first-order valence-electron chi connectivity index (χ1n) is 7.33. The number of amides is 1. The fraction of sp³-hybridized carbons (Fsp3) is 0.176. The highest BCUT2D eigenvalue weighted by molar-refractivity contribution is 8.00. The van der Waals surface area contributed by atoms with E-state index in [4.69, 9.17) is 4.42 Å². The van der Waals surface area contributed by atoms with Crippen molar-refractivity contribution in [2.75, 3.05) is 5.75 Å². The van der Waals surface area contributed by atoms with E-state index < -0.39 is 0 Å². The summed E-state index contributed by atoms with van der Waals surface area (Å²) in [5.41, 5.74) is 1.61. The first kappa shape index (κ1) is 16.3. The lowest BCUT2D eigenvalue weighted by Gasteiger charge is -2.03. The van der Waals surface area contributed by atoms with Gasteiger partial charge in [0.2, 0.25) is 5.91 Å². The van der Waals surface area contributed by atoms with Crippen LogP contribution in [-0.4, -0.2) is 21.4 Å². The third kappa shape index (κ3) is 4.05. The predicted molar refractivity (Wildman–Crippen MR) is 89.9 cm³/mol. The zero-order valence-corrected chi connectivity index (χ0v) is 13.8. The maximum Gasteiger partial charge on any atom is 0.230 e. The standard InChI is InChI=1S/C17H16FN3O2S/c1-21-15(16-3-2-8-23-16)9-13(20-21)10-19-17(22)11-24-14-6-4-12(18)5-7-14/h2-9H,10-11H2,1H3,(H,19,22). The molecule has 0 radical (unpaired) electrons. The number of rotatable bonds is 6. The summed E-state index contributed by atoms with van der Waals surface area (Å²) in [6, 6.07) is 11.6. The highest BCUT2D eigenvalue weighted by Crippen LogP contribution is 2.20. The minimum Gasteiger partial charge on any atom is -0.463 e. The molecule has 124 valence electrons. The van der Waals surface area contributed by atoms with Gasteiger partial charge in [0.25, 0.3) is 0 Å². The van der Waals surface area contributed by atoms with Crippen LogP contribution in [0.25, 0.3) is 11.5 Å². The van der Waals surface area contributed by atoms with Gasteiger partial charge in [0.15, 0.2) is 5.76 Å². The molecule has 3 aromatic rings. The number of hydrogen-bond donors (Lipinski definition) is 1. The van der Waals surface area contributed by atoms with Crippen LogP contribution in [0.3, 0.4) is 0 Å². The van der Waals surface area contributed by atoms with E-state index in [2.05, 4.69) is 10.4 Å². The topological polar surface area (TPSA) is 60.1 Å². The molecule has 3 rings (SSSR count). The van der Waals surface area contributed by atoms with E-state index in [9.17, 15) is 9.18 Å². The summed E-state index contributed by atoms with van der Waals surface area (Å²) in [6.07, 6.45) is 1.61. The van der Waals surface area contributed by atoms with Gasteiger partial charge < -0.3 is 9.73 Å². The van der Waals surface area contributed by atoms with Crippen molar-refractivity contribution in [3.63, 3.8) is 0 Å². The fourth-order valence-electron chi connectivity index (χ4n) is 2.19. The average molecular weight is 345 g/mol. The second kappa shape index (κ2) is 7.35. The molecule has 2 aromatic heterocycles. The first-order chi connectivity index (χ1) is 11.6. The number of benzene rings is 1. The van der Waals surface area contributed by atoms with Crippen molar-refractivity contribution in [1.29, 1.82) is 0 Å². The Bertz CT molecular complexity index is 813. The van der Waals surface area contributed by atoms with Gasteiger partial charge >= 0.3 is 0 Å². The zero-order valence-electron chi connectivity index (χ0n) is 13.0. The van der Waals surface area contributed by atoms with Crippen LogP contribution < -0.4 is 5.32 Å². The average Bonchev–Trinajstić information content (AvgIpc) is 3.21. The summed E-state index contributed by atoms with van der Waals surface area (Å²) in [6.45, 7) is 0.345. The van der Waals surface area contributed by atoms with Crippen molar-refractivity contribution < 1.29 is 13.6 Å². The van der Waals surface area contributed by atoms with Crippen LogP contribution in [0.5, 0.6) is 0 Å². The molecule has 0 saturated carbocycles. The van der Waals surface area contributed by atoms with E-state index >= 15 is 0 Å². The van der Waals surface area contributed by atoms with Crippen molar-refractivity contribution in [2.45, 2.75) is 11.4 Å². The molecule has 1 aromatic carbocycles. The Morgan fingerprint density at radius 2 is 2.12 bits per heavy atom. The molecule has 0 unspecified atom stereocenters. The van der Waals surface area contributed by atoms with Crippen LogP contribution in [0.2, 0.25) is 0 Å². The van der Waals surface area contributed by atoms with Gasteiger partial charge in [0.05, 0.1) is 24.3 Å². The van der Waals surface area contributed by atoms with Crippen LogP contribution in [-0.2, 0) is 18.4 Å². The summed E-state index contributed by atoms with van der Waals surface area (Å²) >= 11 is 1.36. The number of carbonyl (C=O) groups excluding carboxylic acids is 1. The SMILES string of the molecule is Cn1nc(CNC(=O)CSc2ccc(F)cc2)cc1-c1ccco1. The highest BCUT2D eigenvalue weighted by atomic mass is 32.2. The molecule has 0 aliphatic heterocycles. The number of furan rings is 1. The maximum absolute atomic E-state index is 12.8. The Balaban J connectivity index is 1.51. The molecular weight excluding hydrogens is 329 g/mol. The van der Waals surface area contributed by atoms with Crippen LogP contribution >= 0.6 is 11.8 Å². The number of aryl methyl sites for hydroxylation is 1. The van der Waals surface area contributed by atoms with Crippen LogP contribution in [0.15, 0.2) is 58.0 Å². The van der Waals surface area contributed by atoms with Gasteiger partial charge in [-0.25, -0.2) is 4.39 Å². The maximum atomic E-state index is 12.8. The van der Waals surface area contributed by atoms with E-state index in [1.54, 1.807) is 23.1 Å². The zero-order chi connectivity index (χ0) is 16.9. The van der Waals surface area contributed by atoms with Gasteiger partial charge in [-0.2, -0.15) is 5.10 Å². The lowest BCUT2D eigenvalue weighted by molar-refractivity contribution is -0.118. The minimum absolute atomic E-state index is 0.102. The summed E-state index contributed by atoms with van der Waals surface area (Å²) in [4.78, 5) is 12.8. The van der Waals surface area contributed by atoms with E-state index in [0.29, 0.717) is 6.54 Å². The minimum atomic E-state index is -0.286. The van der Waals surface area contributed by atoms with Crippen molar-refractivity contribution in [3.05, 3.63) is 60.2 Å². The molecule has 0 aliphatic rings. The normalized spacial score (nSPS) is 10.8. The van der Waals surface area contributed by atoms with Gasteiger partial charge in [-0.05, 0) is 42.5 Å². The first-order valence-corrected chi connectivity index (χ1v) is 8.32. The Morgan fingerprint density at radius 1 is 1.33 bits per heavy atom. The third-order valence-electron chi connectivity index (χ3n) is 3.35. The van der Waals surface area contributed by atoms with E-state index in [-0.39, 0.29) is 17.5 Å². The number of nitrogens with one attached hydrogen (secondary N) is 1. The van der Waals surface area contributed by atoms with Gasteiger partial charge in [0, 0.05) is 11.9 Å². The number of aromatic nitrogens is 2. The molecule has 0 fully saturated rings. The number of halogens is 1. The number of thioether (sulfide) groups is 1. The molecule has 1 N–H and O–H groups in total. The van der Waals surface area contributed by atoms with E-state index in [1.807, 2.05) is 25.2 Å². The molecule has 0 bridgehead atoms. The van der Waals surface area contributed by atoms with Crippen LogP contribution in [0.4, 0.5) is 4.39 Å². The third-order valence-corrected chi connectivity index (χ3v) is 4.37. The summed E-state index contributed by atoms with van der Waals surface area (Å²) in [5, 5.41) is 7.19. The van der Waals surface area contributed by atoms with Crippen molar-refractivity contribution in [1.82, 2.24) is 15.1 Å². The van der Waals surface area contributed by atoms with Gasteiger partial charge in [-0.1, -0.05) is 0 Å². The summed E-state index contributed by atoms with van der Waals surface area (Å²) < 4.78 is 19.9. The van der Waals surface area contributed by atoms with Crippen LogP contribution in [0, 0.1) is 5.82 Å². The molecule has 2 heterocycles. The molecule has 24 heavy (non-hydrogen) atoms. The quantitative estimate of drug-likeness (QED) is 0.697. The van der Waals surface area contributed by atoms with Crippen LogP contribution in [0.1, 0.15) is 5.69 Å². The number of carbonyl (C=O) groups is 1. The highest BCUT2D eigenvalue weighted by Gasteiger charge is 2.10. The molecule has 0 spiro atoms. The smallest absolute Gasteiger partial charge is 0.230 e. The summed E-state index contributed by atoms with van der Waals surface area (Å²) in [7, 11) is 1.83. The van der Waals surface area contributed by atoms with Crippen molar-refractivity contribution >= 4 is 17.7 Å². The molecule has 1 amide bonds. The molecule has 0 atom stereocenters. The largest absolute Gasteiger partial charge is 0.463 e. The lowest BCUT2D eigenvalue weighted by atomic mass is 10.3. The fourth-order valence-corrected chi connectivity index (χ4v) is 2.92. The molecular formula is C17H16FN3O2S. The Morgan fingerprint density at radius 3 is 2.83 bits per heavy atom. The molecule has 7 heteroatoms. The van der Waals surface area contributed by atoms with E-state index in [1.165, 1.54) is 23.9 Å². The lowest BCUT2D eigenvalue weighted by Crippen LogP contribution is -2.24. The molecule has 0 saturated heterocycles. The second-order valence-electron chi connectivity index (χ2n) is 5.14. The van der Waals surface area contributed by atoms with Crippen molar-refractivity contribution in [3.8, 4) is 11.5 Å².